The zero-order valence-corrected chi connectivity index (χ0v) is 15.2. The van der Waals surface area contributed by atoms with Crippen molar-refractivity contribution in [3.8, 4) is 5.75 Å². The van der Waals surface area contributed by atoms with Gasteiger partial charge in [-0.25, -0.2) is 4.98 Å². The number of halogens is 3. The van der Waals surface area contributed by atoms with Crippen LogP contribution >= 0.6 is 0 Å². The van der Waals surface area contributed by atoms with Crippen LogP contribution in [0.25, 0.3) is 0 Å². The molecule has 0 unspecified atom stereocenters. The van der Waals surface area contributed by atoms with Crippen molar-refractivity contribution in [2.45, 2.75) is 31.4 Å². The Morgan fingerprint density at radius 3 is 2.39 bits per heavy atom. The van der Waals surface area contributed by atoms with E-state index >= 15 is 0 Å². The van der Waals surface area contributed by atoms with Crippen LogP contribution in [0.4, 0.5) is 19.0 Å². The second-order valence-electron chi connectivity index (χ2n) is 6.90. The van der Waals surface area contributed by atoms with Crippen molar-refractivity contribution in [2.75, 3.05) is 31.2 Å². The van der Waals surface area contributed by atoms with Crippen LogP contribution < -0.4 is 9.64 Å². The van der Waals surface area contributed by atoms with Crippen LogP contribution in [0.2, 0.25) is 0 Å². The Hall–Kier alpha value is -2.39. The summed E-state index contributed by atoms with van der Waals surface area (Å²) in [6, 6.07) is 7.60. The predicted molar refractivity (Wildman–Crippen MR) is 94.3 cm³/mol. The molecule has 4 heterocycles. The van der Waals surface area contributed by atoms with E-state index in [4.69, 9.17) is 14.2 Å². The number of hydrogen-bond donors (Lipinski definition) is 0. The molecule has 6 nitrogen and oxygen atoms in total. The normalized spacial score (nSPS) is 23.4. The van der Waals surface area contributed by atoms with E-state index in [1.54, 1.807) is 17.2 Å². The molecule has 2 saturated heterocycles. The molecule has 0 N–H and O–H groups in total. The number of aryl methyl sites for hydroxylation is 1. The number of alkyl halides is 3. The zero-order valence-electron chi connectivity index (χ0n) is 15.2. The van der Waals surface area contributed by atoms with Crippen LogP contribution in [0.5, 0.6) is 5.75 Å². The van der Waals surface area contributed by atoms with Gasteiger partial charge < -0.3 is 19.1 Å². The molecule has 4 rings (SSSR count). The molecule has 2 aliphatic heterocycles. The summed E-state index contributed by atoms with van der Waals surface area (Å²) in [5.74, 6) is 0.915. The van der Waals surface area contributed by atoms with Crippen LogP contribution in [0.1, 0.15) is 11.4 Å². The van der Waals surface area contributed by atoms with Gasteiger partial charge in [-0.05, 0) is 31.2 Å². The summed E-state index contributed by atoms with van der Waals surface area (Å²) in [4.78, 5) is 9.70. The maximum atomic E-state index is 12.9. The number of pyridine rings is 2. The van der Waals surface area contributed by atoms with Gasteiger partial charge in [0.2, 0.25) is 0 Å². The lowest BCUT2D eigenvalue weighted by Gasteiger charge is -2.20. The summed E-state index contributed by atoms with van der Waals surface area (Å²) < 4.78 is 56.4. The molecule has 2 aromatic rings. The molecule has 2 fully saturated rings. The molecule has 0 saturated carbocycles. The fraction of sp³-hybridized carbons (Fsp3) is 0.474. The maximum Gasteiger partial charge on any atom is 0.433 e. The van der Waals surface area contributed by atoms with Crippen molar-refractivity contribution in [3.05, 3.63) is 47.9 Å². The van der Waals surface area contributed by atoms with Gasteiger partial charge in [0.15, 0.2) is 0 Å². The fourth-order valence-electron chi connectivity index (χ4n) is 3.30. The summed E-state index contributed by atoms with van der Waals surface area (Å²) in [6.07, 6.45) is -3.58. The lowest BCUT2D eigenvalue weighted by atomic mass is 10.3. The highest BCUT2D eigenvalue weighted by atomic mass is 19.4. The number of nitrogens with zero attached hydrogens (tertiary/aromatic N) is 3. The fourth-order valence-corrected chi connectivity index (χ4v) is 3.30. The first-order chi connectivity index (χ1) is 13.4. The number of aromatic nitrogens is 2. The molecular weight excluding hydrogens is 375 g/mol. The molecule has 0 aliphatic carbocycles. The third-order valence-electron chi connectivity index (χ3n) is 4.74. The van der Waals surface area contributed by atoms with Crippen molar-refractivity contribution in [3.63, 3.8) is 0 Å². The smallest absolute Gasteiger partial charge is 0.433 e. The largest absolute Gasteiger partial charge is 0.484 e. The number of fused-ring (bicyclic) bond motifs is 1. The van der Waals surface area contributed by atoms with Crippen molar-refractivity contribution in [1.82, 2.24) is 9.97 Å². The first kappa shape index (κ1) is 18.9. The molecule has 0 radical (unpaired) electrons. The van der Waals surface area contributed by atoms with Gasteiger partial charge in [-0.15, -0.1) is 0 Å². The van der Waals surface area contributed by atoms with E-state index in [0.29, 0.717) is 32.1 Å². The van der Waals surface area contributed by atoms with E-state index in [-0.39, 0.29) is 24.1 Å². The second-order valence-corrected chi connectivity index (χ2v) is 6.90. The van der Waals surface area contributed by atoms with E-state index in [0.717, 1.165) is 11.8 Å². The van der Waals surface area contributed by atoms with Gasteiger partial charge in [-0.3, -0.25) is 4.98 Å². The van der Waals surface area contributed by atoms with Crippen LogP contribution in [-0.4, -0.2) is 54.6 Å². The topological polar surface area (TPSA) is 56.7 Å². The van der Waals surface area contributed by atoms with E-state index in [1.165, 1.54) is 6.07 Å². The predicted octanol–water partition coefficient (Wildman–Crippen LogP) is 2.86. The lowest BCUT2D eigenvalue weighted by molar-refractivity contribution is -0.141. The first-order valence-corrected chi connectivity index (χ1v) is 9.00. The van der Waals surface area contributed by atoms with Gasteiger partial charge in [0, 0.05) is 18.8 Å². The van der Waals surface area contributed by atoms with E-state index in [2.05, 4.69) is 9.97 Å². The summed E-state index contributed by atoms with van der Waals surface area (Å²) in [7, 11) is 0. The Labute approximate surface area is 160 Å². The molecule has 0 amide bonds. The third kappa shape index (κ3) is 4.20. The standard InChI is InChI=1S/C19H20F3N3O3/c1-12-5-6-13(7-23-12)28-14-10-26-15-8-25(9-16(15)27-11-14)18-4-2-3-17(24-18)19(20,21)22/h2-7,14-16H,8-11H2,1H3/t15-,16-/m0/s1. The van der Waals surface area contributed by atoms with Gasteiger partial charge in [0.05, 0.1) is 19.4 Å². The Morgan fingerprint density at radius 1 is 1.07 bits per heavy atom. The van der Waals surface area contributed by atoms with Crippen LogP contribution in [0, 0.1) is 6.92 Å². The zero-order chi connectivity index (χ0) is 19.7. The average Bonchev–Trinajstić information content (AvgIpc) is 2.99. The Kier molecular flexibility index (Phi) is 5.11. The molecule has 2 aromatic heterocycles. The average molecular weight is 395 g/mol. The summed E-state index contributed by atoms with van der Waals surface area (Å²) in [5.41, 5.74) is -0.00218. The monoisotopic (exact) mass is 395 g/mol. The van der Waals surface area contributed by atoms with Gasteiger partial charge in [-0.2, -0.15) is 13.2 Å². The molecule has 2 aliphatic rings. The molecule has 0 bridgehead atoms. The Balaban J connectivity index is 1.37. The van der Waals surface area contributed by atoms with Gasteiger partial charge in [-0.1, -0.05) is 6.07 Å². The Morgan fingerprint density at radius 2 is 1.79 bits per heavy atom. The highest BCUT2D eigenvalue weighted by Crippen LogP contribution is 2.31. The highest BCUT2D eigenvalue weighted by Gasteiger charge is 2.39. The summed E-state index contributed by atoms with van der Waals surface area (Å²) in [5, 5.41) is 0. The minimum atomic E-state index is -4.47. The van der Waals surface area contributed by atoms with Crippen LogP contribution in [0.3, 0.4) is 0 Å². The van der Waals surface area contributed by atoms with Crippen molar-refractivity contribution < 1.29 is 27.4 Å². The minimum Gasteiger partial charge on any atom is -0.484 e. The maximum absolute atomic E-state index is 12.9. The van der Waals surface area contributed by atoms with Crippen LogP contribution in [-0.2, 0) is 15.7 Å². The van der Waals surface area contributed by atoms with Crippen molar-refractivity contribution >= 4 is 5.82 Å². The second kappa shape index (κ2) is 7.56. The van der Waals surface area contributed by atoms with Gasteiger partial charge >= 0.3 is 6.18 Å². The quantitative estimate of drug-likeness (QED) is 0.797. The molecule has 0 aromatic carbocycles. The van der Waals surface area contributed by atoms with E-state index in [1.807, 2.05) is 19.1 Å². The summed E-state index contributed by atoms with van der Waals surface area (Å²) in [6.45, 7) is 3.39. The molecule has 28 heavy (non-hydrogen) atoms. The van der Waals surface area contributed by atoms with E-state index < -0.39 is 11.9 Å². The third-order valence-corrected chi connectivity index (χ3v) is 4.74. The molecule has 150 valence electrons. The SMILES string of the molecule is Cc1ccc(OC2CO[C@H]3CN(c4cccc(C(F)(F)F)n4)C[C@@H]3OC2)cn1. The highest BCUT2D eigenvalue weighted by molar-refractivity contribution is 5.42. The minimum absolute atomic E-state index is 0.249. The molecule has 0 spiro atoms. The molecular formula is C19H20F3N3O3. The number of hydrogen-bond acceptors (Lipinski definition) is 6. The van der Waals surface area contributed by atoms with E-state index in [9.17, 15) is 13.2 Å². The Bertz CT molecular complexity index is 800. The van der Waals surface area contributed by atoms with Crippen molar-refractivity contribution in [1.29, 1.82) is 0 Å². The van der Waals surface area contributed by atoms with Gasteiger partial charge in [0.1, 0.15) is 35.6 Å². The molecule has 2 atom stereocenters. The van der Waals surface area contributed by atoms with Gasteiger partial charge in [0.25, 0.3) is 0 Å². The summed E-state index contributed by atoms with van der Waals surface area (Å²) >= 11 is 0. The number of anilines is 1. The van der Waals surface area contributed by atoms with Crippen LogP contribution in [0.15, 0.2) is 36.5 Å². The first-order valence-electron chi connectivity index (χ1n) is 9.00. The number of rotatable bonds is 3. The molecule has 9 heteroatoms. The lowest BCUT2D eigenvalue weighted by Crippen LogP contribution is -2.30. The van der Waals surface area contributed by atoms with Crippen molar-refractivity contribution in [2.24, 2.45) is 0 Å². The number of ether oxygens (including phenoxy) is 3.